The van der Waals surface area contributed by atoms with Crippen molar-refractivity contribution in [1.29, 1.82) is 0 Å². The van der Waals surface area contributed by atoms with E-state index in [4.69, 9.17) is 0 Å². The van der Waals surface area contributed by atoms with E-state index in [1.54, 1.807) is 0 Å². The van der Waals surface area contributed by atoms with Crippen LogP contribution < -0.4 is 4.90 Å². The van der Waals surface area contributed by atoms with E-state index >= 15 is 0 Å². The van der Waals surface area contributed by atoms with Crippen LogP contribution in [0.1, 0.15) is 20.3 Å². The summed E-state index contributed by atoms with van der Waals surface area (Å²) in [7, 11) is 0. The number of nitrogens with one attached hydrogen (secondary N) is 1. The molecule has 1 fully saturated rings. The van der Waals surface area contributed by atoms with Crippen molar-refractivity contribution >= 4 is 17.7 Å². The highest BCUT2D eigenvalue weighted by Gasteiger charge is 2.24. The lowest BCUT2D eigenvalue weighted by Crippen LogP contribution is -2.21. The first-order valence-electron chi connectivity index (χ1n) is 5.15. The molecule has 1 unspecified atom stereocenters. The van der Waals surface area contributed by atoms with Crippen LogP contribution in [0.4, 0.5) is 5.95 Å². The van der Waals surface area contributed by atoms with Gasteiger partial charge in [-0.15, -0.1) is 0 Å². The number of aromatic amines is 1. The molecule has 1 aliphatic rings. The molecule has 1 aliphatic heterocycles. The lowest BCUT2D eigenvalue weighted by Gasteiger charge is -2.15. The Labute approximate surface area is 89.3 Å². The molecule has 1 saturated heterocycles. The van der Waals surface area contributed by atoms with Crippen molar-refractivity contribution < 1.29 is 0 Å². The molecule has 1 N–H and O–H groups in total. The first-order chi connectivity index (χ1) is 6.75. The van der Waals surface area contributed by atoms with Gasteiger partial charge in [-0.1, -0.05) is 13.8 Å². The number of hydrogen-bond acceptors (Lipinski definition) is 3. The second-order valence-electron chi connectivity index (χ2n) is 3.95. The van der Waals surface area contributed by atoms with Gasteiger partial charge < -0.3 is 9.88 Å². The number of hydrogen-bond donors (Lipinski definition) is 1. The molecule has 3 nitrogen and oxygen atoms in total. The Morgan fingerprint density at radius 1 is 1.64 bits per heavy atom. The fraction of sp³-hybridized carbons (Fsp3) is 0.700. The second kappa shape index (κ2) is 4.26. The van der Waals surface area contributed by atoms with E-state index in [9.17, 15) is 0 Å². The molecule has 0 amide bonds. The normalized spacial score (nSPS) is 22.2. The lowest BCUT2D eigenvalue weighted by molar-refractivity contribution is 0.918. The van der Waals surface area contributed by atoms with Gasteiger partial charge in [0.05, 0.1) is 0 Å². The maximum Gasteiger partial charge on any atom is 0.202 e. The minimum Gasteiger partial charge on any atom is -0.341 e. The first-order valence-corrected chi connectivity index (χ1v) is 6.10. The summed E-state index contributed by atoms with van der Waals surface area (Å²) in [4.78, 5) is 9.76. The standard InChI is InChI=1S/C10H17N3S/c1-8(2)14-9-3-6-13(7-9)10-11-4-5-12-10/h4-5,8-9H,3,6-7H2,1-2H3,(H,11,12). The highest BCUT2D eigenvalue weighted by Crippen LogP contribution is 2.27. The topological polar surface area (TPSA) is 31.9 Å². The fourth-order valence-electron chi connectivity index (χ4n) is 1.85. The molecule has 0 saturated carbocycles. The van der Waals surface area contributed by atoms with Crippen LogP contribution in [0, 0.1) is 0 Å². The molecule has 78 valence electrons. The molecule has 2 heterocycles. The van der Waals surface area contributed by atoms with Crippen molar-refractivity contribution in [2.45, 2.75) is 30.8 Å². The van der Waals surface area contributed by atoms with Crippen molar-refractivity contribution in [3.05, 3.63) is 12.4 Å². The average Bonchev–Trinajstić information content (AvgIpc) is 2.69. The number of nitrogens with zero attached hydrogens (tertiary/aromatic N) is 2. The molecule has 4 heteroatoms. The van der Waals surface area contributed by atoms with E-state index in [0.29, 0.717) is 0 Å². The monoisotopic (exact) mass is 211 g/mol. The smallest absolute Gasteiger partial charge is 0.202 e. The van der Waals surface area contributed by atoms with Crippen molar-refractivity contribution in [2.75, 3.05) is 18.0 Å². The fourth-order valence-corrected chi connectivity index (χ4v) is 3.12. The Balaban J connectivity index is 1.89. The van der Waals surface area contributed by atoms with Crippen molar-refractivity contribution in [2.24, 2.45) is 0 Å². The van der Waals surface area contributed by atoms with Crippen molar-refractivity contribution in [3.63, 3.8) is 0 Å². The van der Waals surface area contributed by atoms with Gasteiger partial charge in [-0.05, 0) is 11.7 Å². The van der Waals surface area contributed by atoms with Crippen LogP contribution in [-0.2, 0) is 0 Å². The van der Waals surface area contributed by atoms with Gasteiger partial charge in [-0.3, -0.25) is 0 Å². The van der Waals surface area contributed by atoms with Gasteiger partial charge in [0, 0.05) is 30.7 Å². The summed E-state index contributed by atoms with van der Waals surface area (Å²) < 4.78 is 0. The van der Waals surface area contributed by atoms with Gasteiger partial charge in [0.25, 0.3) is 0 Å². The maximum absolute atomic E-state index is 4.27. The summed E-state index contributed by atoms with van der Waals surface area (Å²) in [5.41, 5.74) is 0. The van der Waals surface area contributed by atoms with Crippen LogP contribution in [0.3, 0.4) is 0 Å². The zero-order chi connectivity index (χ0) is 9.97. The van der Waals surface area contributed by atoms with Gasteiger partial charge in [0.15, 0.2) is 0 Å². The van der Waals surface area contributed by atoms with E-state index in [2.05, 4.69) is 40.5 Å². The molecule has 1 aromatic rings. The summed E-state index contributed by atoms with van der Waals surface area (Å²) in [6.07, 6.45) is 4.99. The van der Waals surface area contributed by atoms with Gasteiger partial charge in [-0.2, -0.15) is 11.8 Å². The highest BCUT2D eigenvalue weighted by molar-refractivity contribution is 8.00. The summed E-state index contributed by atoms with van der Waals surface area (Å²) in [6, 6.07) is 0. The molecule has 0 bridgehead atoms. The highest BCUT2D eigenvalue weighted by atomic mass is 32.2. The number of thioether (sulfide) groups is 1. The van der Waals surface area contributed by atoms with E-state index < -0.39 is 0 Å². The molecule has 0 aromatic carbocycles. The molecule has 2 rings (SSSR count). The molecule has 0 aliphatic carbocycles. The third-order valence-corrected chi connectivity index (χ3v) is 3.71. The van der Waals surface area contributed by atoms with Crippen LogP contribution >= 0.6 is 11.8 Å². The minimum absolute atomic E-state index is 0.733. The Hall–Kier alpha value is -0.640. The predicted octanol–water partition coefficient (Wildman–Crippen LogP) is 2.13. The number of imidazole rings is 1. The van der Waals surface area contributed by atoms with Crippen LogP contribution in [0.5, 0.6) is 0 Å². The van der Waals surface area contributed by atoms with Crippen LogP contribution in [0.2, 0.25) is 0 Å². The molecule has 14 heavy (non-hydrogen) atoms. The number of aromatic nitrogens is 2. The summed E-state index contributed by atoms with van der Waals surface area (Å²) in [5, 5.41) is 1.51. The largest absolute Gasteiger partial charge is 0.341 e. The summed E-state index contributed by atoms with van der Waals surface area (Å²) in [5.74, 6) is 1.02. The second-order valence-corrected chi connectivity index (χ2v) is 5.84. The SMILES string of the molecule is CC(C)SC1CCN(c2ncc[nH]2)C1. The third-order valence-electron chi connectivity index (χ3n) is 2.39. The minimum atomic E-state index is 0.733. The molecular formula is C10H17N3S. The Bertz CT molecular complexity index is 271. The van der Waals surface area contributed by atoms with Gasteiger partial charge >= 0.3 is 0 Å². The first kappa shape index (κ1) is 9.90. The predicted molar refractivity (Wildman–Crippen MR) is 61.9 cm³/mol. The maximum atomic E-state index is 4.27. The summed E-state index contributed by atoms with van der Waals surface area (Å²) >= 11 is 2.08. The number of anilines is 1. The molecule has 0 spiro atoms. The average molecular weight is 211 g/mol. The van der Waals surface area contributed by atoms with Gasteiger partial charge in [0.2, 0.25) is 5.95 Å². The quantitative estimate of drug-likeness (QED) is 0.831. The number of rotatable bonds is 3. The van der Waals surface area contributed by atoms with Crippen molar-refractivity contribution in [3.8, 4) is 0 Å². The Morgan fingerprint density at radius 2 is 2.50 bits per heavy atom. The van der Waals surface area contributed by atoms with E-state index in [1.807, 2.05) is 12.4 Å². The third kappa shape index (κ3) is 2.23. The zero-order valence-corrected chi connectivity index (χ0v) is 9.55. The van der Waals surface area contributed by atoms with Gasteiger partial charge in [0.1, 0.15) is 0 Å². The van der Waals surface area contributed by atoms with Crippen LogP contribution in [0.25, 0.3) is 0 Å². The van der Waals surface area contributed by atoms with E-state index in [-0.39, 0.29) is 0 Å². The Morgan fingerprint density at radius 3 is 3.14 bits per heavy atom. The summed E-state index contributed by atoms with van der Waals surface area (Å²) in [6.45, 7) is 6.80. The van der Waals surface area contributed by atoms with Crippen LogP contribution in [-0.4, -0.2) is 33.6 Å². The zero-order valence-electron chi connectivity index (χ0n) is 8.73. The van der Waals surface area contributed by atoms with Crippen molar-refractivity contribution in [1.82, 2.24) is 9.97 Å². The van der Waals surface area contributed by atoms with E-state index in [1.165, 1.54) is 6.42 Å². The van der Waals surface area contributed by atoms with E-state index in [0.717, 1.165) is 29.5 Å². The van der Waals surface area contributed by atoms with Gasteiger partial charge in [-0.25, -0.2) is 4.98 Å². The molecule has 0 radical (unpaired) electrons. The molecule has 1 aromatic heterocycles. The molecule has 1 atom stereocenters. The molecular weight excluding hydrogens is 194 g/mol. The lowest BCUT2D eigenvalue weighted by atomic mass is 10.4. The Kier molecular flexibility index (Phi) is 3.01. The van der Waals surface area contributed by atoms with Crippen LogP contribution in [0.15, 0.2) is 12.4 Å². The number of H-pyrrole nitrogens is 1.